The number of hydrogen-bond acceptors (Lipinski definition) is 6. The van der Waals surface area contributed by atoms with Gasteiger partial charge in [0.15, 0.2) is 0 Å². The second-order valence-corrected chi connectivity index (χ2v) is 8.28. The largest absolute Gasteiger partial charge is 0.458 e. The lowest BCUT2D eigenvalue weighted by atomic mass is 10.0. The molecule has 3 rings (SSSR count). The van der Waals surface area contributed by atoms with E-state index < -0.39 is 12.0 Å². The molecule has 1 unspecified atom stereocenters. The first-order chi connectivity index (χ1) is 13.9. The molecule has 0 aliphatic heterocycles. The Morgan fingerprint density at radius 3 is 2.66 bits per heavy atom. The van der Waals surface area contributed by atoms with Gasteiger partial charge >= 0.3 is 5.97 Å². The minimum Gasteiger partial charge on any atom is -0.458 e. The number of thiophene rings is 1. The summed E-state index contributed by atoms with van der Waals surface area (Å²) in [7, 11) is 0. The lowest BCUT2D eigenvalue weighted by molar-refractivity contribution is -0.147. The van der Waals surface area contributed by atoms with Crippen LogP contribution in [0, 0.1) is 5.92 Å². The van der Waals surface area contributed by atoms with Gasteiger partial charge in [0.25, 0.3) is 5.91 Å². The van der Waals surface area contributed by atoms with Crippen LogP contribution in [-0.2, 0) is 16.1 Å². The van der Waals surface area contributed by atoms with Crippen LogP contribution in [0.5, 0.6) is 0 Å². The molecule has 0 aliphatic rings. The summed E-state index contributed by atoms with van der Waals surface area (Å²) in [5.41, 5.74) is 0.933. The average molecular weight is 433 g/mol. The minimum atomic E-state index is -0.762. The third-order valence-electron chi connectivity index (χ3n) is 4.05. The molecule has 0 fully saturated rings. The maximum absolute atomic E-state index is 12.6. The first-order valence-corrected chi connectivity index (χ1v) is 10.4. The highest BCUT2D eigenvalue weighted by Gasteiger charge is 2.24. The molecule has 0 aliphatic carbocycles. The summed E-state index contributed by atoms with van der Waals surface area (Å²) in [5.74, 6) is -0.191. The monoisotopic (exact) mass is 432 g/mol. The summed E-state index contributed by atoms with van der Waals surface area (Å²) in [5, 5.41) is 5.21. The minimum absolute atomic E-state index is 0.0287. The Morgan fingerprint density at radius 1 is 1.24 bits per heavy atom. The zero-order chi connectivity index (χ0) is 20.8. The first kappa shape index (κ1) is 21.1. The van der Waals surface area contributed by atoms with E-state index in [0.29, 0.717) is 28.6 Å². The predicted octanol–water partition coefficient (Wildman–Crippen LogP) is 4.94. The number of carbonyl (C=O) groups excluding carboxylic acids is 2. The van der Waals surface area contributed by atoms with Crippen molar-refractivity contribution < 1.29 is 18.7 Å². The second-order valence-electron chi connectivity index (χ2n) is 6.89. The average Bonchev–Trinajstić information content (AvgIpc) is 3.37. The van der Waals surface area contributed by atoms with E-state index >= 15 is 0 Å². The smallest absolute Gasteiger partial charge is 0.329 e. The van der Waals surface area contributed by atoms with E-state index in [2.05, 4.69) is 10.3 Å². The first-order valence-electron chi connectivity index (χ1n) is 9.13. The number of aromatic nitrogens is 1. The lowest BCUT2D eigenvalue weighted by Gasteiger charge is -2.19. The fraction of sp³-hybridized carbons (Fsp3) is 0.286. The molecular weight excluding hydrogens is 412 g/mol. The van der Waals surface area contributed by atoms with Crippen LogP contribution in [0.2, 0.25) is 5.02 Å². The van der Waals surface area contributed by atoms with Gasteiger partial charge in [0.05, 0.1) is 4.88 Å². The molecule has 8 heteroatoms. The van der Waals surface area contributed by atoms with Gasteiger partial charge in [-0.3, -0.25) is 4.79 Å². The molecule has 1 N–H and O–H groups in total. The Hall–Kier alpha value is -2.64. The zero-order valence-electron chi connectivity index (χ0n) is 16.1. The summed E-state index contributed by atoms with van der Waals surface area (Å²) in [6.07, 6.45) is 1.92. The molecule has 152 valence electrons. The second kappa shape index (κ2) is 9.71. The van der Waals surface area contributed by atoms with E-state index in [-0.39, 0.29) is 18.4 Å². The van der Waals surface area contributed by atoms with Crippen molar-refractivity contribution in [2.24, 2.45) is 5.92 Å². The Balaban J connectivity index is 1.61. The van der Waals surface area contributed by atoms with Crippen LogP contribution in [0.3, 0.4) is 0 Å². The number of benzene rings is 1. The van der Waals surface area contributed by atoms with Crippen molar-refractivity contribution >= 4 is 34.8 Å². The molecule has 2 aromatic heterocycles. The Bertz CT molecular complexity index is 951. The molecule has 0 spiro atoms. The van der Waals surface area contributed by atoms with Gasteiger partial charge in [-0.1, -0.05) is 31.5 Å². The molecule has 0 bridgehead atoms. The Kier molecular flexibility index (Phi) is 7.06. The lowest BCUT2D eigenvalue weighted by Crippen LogP contribution is -2.42. The van der Waals surface area contributed by atoms with Crippen LogP contribution in [0.15, 0.2) is 52.5 Å². The van der Waals surface area contributed by atoms with Crippen LogP contribution < -0.4 is 5.32 Å². The fourth-order valence-corrected chi connectivity index (χ4v) is 3.44. The molecule has 1 amide bonds. The van der Waals surface area contributed by atoms with E-state index in [1.807, 2.05) is 31.4 Å². The van der Waals surface area contributed by atoms with Crippen molar-refractivity contribution in [2.75, 3.05) is 0 Å². The van der Waals surface area contributed by atoms with E-state index in [0.717, 1.165) is 4.88 Å². The topological polar surface area (TPSA) is 81.4 Å². The number of nitrogens with one attached hydrogen (secondary N) is 1. The molecule has 0 saturated carbocycles. The number of nitrogens with zero attached hydrogens (tertiary/aromatic N) is 1. The quantitative estimate of drug-likeness (QED) is 0.509. The molecule has 3 aromatic rings. The Morgan fingerprint density at radius 2 is 2.00 bits per heavy atom. The number of hydrogen-bond donors (Lipinski definition) is 1. The van der Waals surface area contributed by atoms with Gasteiger partial charge in [0.2, 0.25) is 5.89 Å². The SMILES string of the molecule is CC(C)CC(NC(=O)c1ccc(Cl)cc1)C(=O)OCc1coc(-c2cccs2)n1. The molecule has 2 heterocycles. The number of rotatable bonds is 8. The third-order valence-corrected chi connectivity index (χ3v) is 5.16. The third kappa shape index (κ3) is 5.92. The number of esters is 1. The fourth-order valence-electron chi connectivity index (χ4n) is 2.66. The van der Waals surface area contributed by atoms with Crippen LogP contribution in [-0.4, -0.2) is 22.9 Å². The molecule has 1 aromatic carbocycles. The normalized spacial score (nSPS) is 12.0. The van der Waals surface area contributed by atoms with Crippen molar-refractivity contribution in [2.45, 2.75) is 32.9 Å². The summed E-state index contributed by atoms with van der Waals surface area (Å²) in [4.78, 5) is 30.3. The number of carbonyl (C=O) groups is 2. The number of ether oxygens (including phenoxy) is 1. The Labute approximate surface area is 177 Å². The van der Waals surface area contributed by atoms with Crippen molar-refractivity contribution in [3.8, 4) is 10.8 Å². The van der Waals surface area contributed by atoms with Gasteiger partial charge < -0.3 is 14.5 Å². The van der Waals surface area contributed by atoms with Crippen LogP contribution in [0.4, 0.5) is 0 Å². The number of halogens is 1. The van der Waals surface area contributed by atoms with Gasteiger partial charge in [-0.15, -0.1) is 11.3 Å². The highest BCUT2D eigenvalue weighted by Crippen LogP contribution is 2.24. The highest BCUT2D eigenvalue weighted by molar-refractivity contribution is 7.13. The molecular formula is C21H21ClN2O4S. The molecule has 0 radical (unpaired) electrons. The van der Waals surface area contributed by atoms with E-state index in [4.69, 9.17) is 20.8 Å². The molecule has 29 heavy (non-hydrogen) atoms. The van der Waals surface area contributed by atoms with Gasteiger partial charge in [-0.2, -0.15) is 0 Å². The van der Waals surface area contributed by atoms with Crippen molar-refractivity contribution in [3.05, 3.63) is 64.3 Å². The number of oxazole rings is 1. The van der Waals surface area contributed by atoms with Gasteiger partial charge in [-0.25, -0.2) is 9.78 Å². The zero-order valence-corrected chi connectivity index (χ0v) is 17.6. The molecule has 1 atom stereocenters. The van der Waals surface area contributed by atoms with Gasteiger partial charge in [0.1, 0.15) is 24.6 Å². The van der Waals surface area contributed by atoms with Crippen LogP contribution in [0.1, 0.15) is 36.3 Å². The van der Waals surface area contributed by atoms with Gasteiger partial charge in [0, 0.05) is 10.6 Å². The van der Waals surface area contributed by atoms with E-state index in [9.17, 15) is 9.59 Å². The summed E-state index contributed by atoms with van der Waals surface area (Å²) in [6, 6.07) is 9.51. The van der Waals surface area contributed by atoms with E-state index in [1.54, 1.807) is 24.3 Å². The molecule has 6 nitrogen and oxygen atoms in total. The van der Waals surface area contributed by atoms with Crippen LogP contribution >= 0.6 is 22.9 Å². The maximum atomic E-state index is 12.6. The van der Waals surface area contributed by atoms with Crippen molar-refractivity contribution in [1.29, 1.82) is 0 Å². The van der Waals surface area contributed by atoms with Crippen molar-refractivity contribution in [1.82, 2.24) is 10.3 Å². The highest BCUT2D eigenvalue weighted by atomic mass is 35.5. The van der Waals surface area contributed by atoms with Gasteiger partial charge in [-0.05, 0) is 48.1 Å². The standard InChI is InChI=1S/C21H21ClN2O4S/c1-13(2)10-17(24-19(25)14-5-7-15(22)8-6-14)21(26)28-12-16-11-27-20(23-16)18-4-3-9-29-18/h3-9,11,13,17H,10,12H2,1-2H3,(H,24,25). The van der Waals surface area contributed by atoms with Crippen LogP contribution in [0.25, 0.3) is 10.8 Å². The maximum Gasteiger partial charge on any atom is 0.329 e. The summed E-state index contributed by atoms with van der Waals surface area (Å²) >= 11 is 7.37. The number of amides is 1. The van der Waals surface area contributed by atoms with E-state index in [1.165, 1.54) is 17.6 Å². The molecule has 0 saturated heterocycles. The van der Waals surface area contributed by atoms with Crippen molar-refractivity contribution in [3.63, 3.8) is 0 Å². The summed E-state index contributed by atoms with van der Waals surface area (Å²) in [6.45, 7) is 3.92. The summed E-state index contributed by atoms with van der Waals surface area (Å²) < 4.78 is 10.8. The predicted molar refractivity (Wildman–Crippen MR) is 112 cm³/mol.